The second kappa shape index (κ2) is 4.73. The molecule has 0 bridgehead atoms. The Morgan fingerprint density at radius 2 is 1.89 bits per heavy atom. The number of aromatic nitrogens is 2. The minimum atomic E-state index is -3.41. The van der Waals surface area contributed by atoms with Gasteiger partial charge in [0.25, 0.3) is 0 Å². The summed E-state index contributed by atoms with van der Waals surface area (Å²) in [6.45, 7) is 1.70. The first-order valence-electron chi connectivity index (χ1n) is 5.35. The molecule has 0 amide bonds. The number of nitrogen functional groups attached to an aromatic ring is 1. The van der Waals surface area contributed by atoms with E-state index in [4.69, 9.17) is 5.73 Å². The maximum absolute atomic E-state index is 12.1. The molecule has 0 unspecified atom stereocenters. The summed E-state index contributed by atoms with van der Waals surface area (Å²) in [6.07, 6.45) is 1.46. The average molecular weight is 263 g/mol. The van der Waals surface area contributed by atoms with Crippen LogP contribution in [0.4, 0.5) is 5.82 Å². The zero-order chi connectivity index (χ0) is 13.2. The first-order chi connectivity index (χ1) is 8.49. The molecule has 0 aliphatic carbocycles. The Bertz CT molecular complexity index is 654. The molecule has 0 aliphatic heterocycles. The van der Waals surface area contributed by atoms with Gasteiger partial charge < -0.3 is 5.73 Å². The highest BCUT2D eigenvalue weighted by Gasteiger charge is 2.17. The molecule has 1 aromatic heterocycles. The van der Waals surface area contributed by atoms with Gasteiger partial charge in [-0.3, -0.25) is 0 Å². The van der Waals surface area contributed by atoms with Crippen molar-refractivity contribution in [3.8, 4) is 0 Å². The minimum Gasteiger partial charge on any atom is -0.383 e. The Labute approximate surface area is 106 Å². The van der Waals surface area contributed by atoms with E-state index in [1.807, 2.05) is 0 Å². The van der Waals surface area contributed by atoms with Crippen LogP contribution in [0.1, 0.15) is 11.4 Å². The monoisotopic (exact) mass is 263 g/mol. The molecule has 0 aliphatic rings. The van der Waals surface area contributed by atoms with Gasteiger partial charge in [-0.05, 0) is 19.1 Å². The molecule has 0 spiro atoms. The molecule has 0 fully saturated rings. The summed E-state index contributed by atoms with van der Waals surface area (Å²) in [5.41, 5.74) is 6.11. The number of rotatable bonds is 3. The zero-order valence-corrected chi connectivity index (χ0v) is 10.7. The third-order valence-corrected chi connectivity index (χ3v) is 4.15. The van der Waals surface area contributed by atoms with E-state index >= 15 is 0 Å². The van der Waals surface area contributed by atoms with Crippen LogP contribution in [0.25, 0.3) is 0 Å². The van der Waals surface area contributed by atoms with E-state index in [1.165, 1.54) is 6.20 Å². The van der Waals surface area contributed by atoms with Crippen molar-refractivity contribution in [2.24, 2.45) is 0 Å². The third-order valence-electron chi connectivity index (χ3n) is 2.47. The molecule has 0 saturated heterocycles. The van der Waals surface area contributed by atoms with Crippen LogP contribution in [-0.2, 0) is 15.6 Å². The lowest BCUT2D eigenvalue weighted by molar-refractivity contribution is 0.595. The second-order valence-corrected chi connectivity index (χ2v) is 5.89. The molecule has 6 heteroatoms. The molecule has 5 nitrogen and oxygen atoms in total. The molecular weight excluding hydrogens is 250 g/mol. The van der Waals surface area contributed by atoms with Crippen molar-refractivity contribution in [3.05, 3.63) is 47.9 Å². The number of aryl methyl sites for hydroxylation is 1. The maximum atomic E-state index is 12.1. The lowest BCUT2D eigenvalue weighted by Gasteiger charge is -2.06. The number of nitrogens with two attached hydrogens (primary N) is 1. The largest absolute Gasteiger partial charge is 0.383 e. The molecule has 2 rings (SSSR count). The molecular formula is C12H13N3O2S. The molecule has 0 radical (unpaired) electrons. The summed E-state index contributed by atoms with van der Waals surface area (Å²) < 4.78 is 24.3. The molecule has 2 aromatic rings. The van der Waals surface area contributed by atoms with E-state index < -0.39 is 9.84 Å². The summed E-state index contributed by atoms with van der Waals surface area (Å²) in [5.74, 6) is 0.540. The molecule has 0 atom stereocenters. The fourth-order valence-corrected chi connectivity index (χ4v) is 2.91. The van der Waals surface area contributed by atoms with E-state index in [-0.39, 0.29) is 16.5 Å². The van der Waals surface area contributed by atoms with Gasteiger partial charge in [-0.2, -0.15) is 0 Å². The van der Waals surface area contributed by atoms with Gasteiger partial charge in [0.1, 0.15) is 11.6 Å². The average Bonchev–Trinajstić information content (AvgIpc) is 2.34. The van der Waals surface area contributed by atoms with E-state index in [1.54, 1.807) is 37.3 Å². The number of hydrogen-bond donors (Lipinski definition) is 1. The Hall–Kier alpha value is -1.95. The van der Waals surface area contributed by atoms with Gasteiger partial charge in [0.2, 0.25) is 0 Å². The highest BCUT2D eigenvalue weighted by Crippen LogP contribution is 2.18. The number of sulfone groups is 1. The number of hydrogen-bond acceptors (Lipinski definition) is 5. The van der Waals surface area contributed by atoms with Crippen molar-refractivity contribution in [1.29, 1.82) is 0 Å². The Balaban J connectivity index is 2.34. The molecule has 0 saturated carbocycles. The van der Waals surface area contributed by atoms with Gasteiger partial charge in [-0.25, -0.2) is 18.4 Å². The molecule has 1 aromatic carbocycles. The van der Waals surface area contributed by atoms with E-state index in [0.29, 0.717) is 11.4 Å². The predicted octanol–water partition coefficient (Wildman–Crippen LogP) is 1.34. The Morgan fingerprint density at radius 1 is 1.22 bits per heavy atom. The van der Waals surface area contributed by atoms with Gasteiger partial charge in [0.05, 0.1) is 10.6 Å². The Kier molecular flexibility index (Phi) is 3.29. The van der Waals surface area contributed by atoms with Crippen molar-refractivity contribution in [2.45, 2.75) is 17.6 Å². The van der Waals surface area contributed by atoms with Crippen LogP contribution in [0, 0.1) is 6.92 Å². The quantitative estimate of drug-likeness (QED) is 0.903. The van der Waals surface area contributed by atoms with Gasteiger partial charge in [-0.1, -0.05) is 18.2 Å². The fraction of sp³-hybridized carbons (Fsp3) is 0.167. The normalized spacial score (nSPS) is 11.4. The first-order valence-corrected chi connectivity index (χ1v) is 7.00. The van der Waals surface area contributed by atoms with Crippen LogP contribution in [0.5, 0.6) is 0 Å². The molecule has 1 heterocycles. The first kappa shape index (κ1) is 12.5. The fourth-order valence-electron chi connectivity index (χ4n) is 1.54. The van der Waals surface area contributed by atoms with Gasteiger partial charge in [-0.15, -0.1) is 0 Å². The smallest absolute Gasteiger partial charge is 0.182 e. The number of benzene rings is 1. The minimum absolute atomic E-state index is 0.191. The van der Waals surface area contributed by atoms with Crippen molar-refractivity contribution in [3.63, 3.8) is 0 Å². The third kappa shape index (κ3) is 2.65. The van der Waals surface area contributed by atoms with Crippen molar-refractivity contribution in [2.75, 3.05) is 5.73 Å². The Morgan fingerprint density at radius 3 is 2.50 bits per heavy atom. The van der Waals surface area contributed by atoms with Crippen LogP contribution >= 0.6 is 0 Å². The topological polar surface area (TPSA) is 85.9 Å². The summed E-state index contributed by atoms with van der Waals surface area (Å²) in [6, 6.07) is 8.24. The molecule has 94 valence electrons. The van der Waals surface area contributed by atoms with Gasteiger partial charge in [0, 0.05) is 11.8 Å². The van der Waals surface area contributed by atoms with Crippen molar-refractivity contribution < 1.29 is 8.42 Å². The van der Waals surface area contributed by atoms with Gasteiger partial charge in [0.15, 0.2) is 9.84 Å². The predicted molar refractivity (Wildman–Crippen MR) is 68.5 cm³/mol. The van der Waals surface area contributed by atoms with Crippen LogP contribution in [0.15, 0.2) is 41.4 Å². The summed E-state index contributed by atoms with van der Waals surface area (Å²) >= 11 is 0. The maximum Gasteiger partial charge on any atom is 0.182 e. The molecule has 2 N–H and O–H groups in total. The summed E-state index contributed by atoms with van der Waals surface area (Å²) in [5, 5.41) is 0. The second-order valence-electron chi connectivity index (χ2n) is 3.90. The summed E-state index contributed by atoms with van der Waals surface area (Å²) in [4.78, 5) is 8.18. The van der Waals surface area contributed by atoms with Crippen LogP contribution in [0.2, 0.25) is 0 Å². The van der Waals surface area contributed by atoms with Crippen LogP contribution < -0.4 is 5.73 Å². The van der Waals surface area contributed by atoms with Gasteiger partial charge >= 0.3 is 0 Å². The van der Waals surface area contributed by atoms with E-state index in [9.17, 15) is 8.42 Å². The number of anilines is 1. The SMILES string of the molecule is Cc1ncc(CS(=O)(=O)c2ccccc2)c(N)n1. The highest BCUT2D eigenvalue weighted by atomic mass is 32.2. The lowest BCUT2D eigenvalue weighted by Crippen LogP contribution is -2.09. The van der Waals surface area contributed by atoms with Crippen molar-refractivity contribution in [1.82, 2.24) is 9.97 Å². The van der Waals surface area contributed by atoms with Crippen LogP contribution in [-0.4, -0.2) is 18.4 Å². The summed E-state index contributed by atoms with van der Waals surface area (Å²) in [7, 11) is -3.41. The standard InChI is InChI=1S/C12H13N3O2S/c1-9-14-7-10(12(13)15-9)8-18(16,17)11-5-3-2-4-6-11/h2-7H,8H2,1H3,(H2,13,14,15). The zero-order valence-electron chi connectivity index (χ0n) is 9.87. The molecule has 18 heavy (non-hydrogen) atoms. The van der Waals surface area contributed by atoms with Crippen LogP contribution in [0.3, 0.4) is 0 Å². The van der Waals surface area contributed by atoms with Crippen molar-refractivity contribution >= 4 is 15.7 Å². The van der Waals surface area contributed by atoms with E-state index in [0.717, 1.165) is 0 Å². The number of nitrogens with zero attached hydrogens (tertiary/aromatic N) is 2. The lowest BCUT2D eigenvalue weighted by atomic mass is 10.3. The highest BCUT2D eigenvalue weighted by molar-refractivity contribution is 7.90. The van der Waals surface area contributed by atoms with E-state index in [2.05, 4.69) is 9.97 Å².